The van der Waals surface area contributed by atoms with Gasteiger partial charge in [-0.25, -0.2) is 16.8 Å². The van der Waals surface area contributed by atoms with Crippen molar-refractivity contribution < 1.29 is 16.8 Å². The Morgan fingerprint density at radius 3 is 1.09 bits per heavy atom. The van der Waals surface area contributed by atoms with Crippen LogP contribution >= 0.6 is 43.2 Å². The van der Waals surface area contributed by atoms with Crippen LogP contribution < -0.4 is 0 Å². The fourth-order valence-electron chi connectivity index (χ4n) is 3.93. The molecular formula is C24H42Br2O4S3. The molecule has 0 aliphatic heterocycles. The molecule has 1 aromatic rings. The Hall–Kier alpha value is 0.560. The van der Waals surface area contributed by atoms with Gasteiger partial charge in [-0.1, -0.05) is 104 Å². The molecule has 0 aliphatic carbocycles. The van der Waals surface area contributed by atoms with Crippen LogP contribution in [0.25, 0.3) is 0 Å². The average Bonchev–Trinajstić information content (AvgIpc) is 3.07. The molecule has 9 heteroatoms. The predicted octanol–water partition coefficient (Wildman–Crippen LogP) is 9.10. The van der Waals surface area contributed by atoms with Crippen molar-refractivity contribution in [2.75, 3.05) is 11.5 Å². The van der Waals surface area contributed by atoms with Crippen molar-refractivity contribution >= 4 is 62.9 Å². The zero-order valence-electron chi connectivity index (χ0n) is 20.3. The Balaban J connectivity index is 2.65. The normalized spacial score (nSPS) is 12.5. The summed E-state index contributed by atoms with van der Waals surface area (Å²) < 4.78 is 53.2. The van der Waals surface area contributed by atoms with Gasteiger partial charge >= 0.3 is 0 Å². The van der Waals surface area contributed by atoms with Gasteiger partial charge in [-0.15, -0.1) is 11.3 Å². The van der Waals surface area contributed by atoms with Crippen LogP contribution in [0.2, 0.25) is 0 Å². The highest BCUT2D eigenvalue weighted by Gasteiger charge is 2.33. The molecule has 0 saturated carbocycles. The maximum atomic E-state index is 13.1. The monoisotopic (exact) mass is 648 g/mol. The van der Waals surface area contributed by atoms with Crippen LogP contribution in [-0.4, -0.2) is 28.3 Å². The number of unbranched alkanes of at least 4 members (excludes halogenated alkanes) is 14. The van der Waals surface area contributed by atoms with Crippen molar-refractivity contribution in [1.82, 2.24) is 0 Å². The number of hydrogen-bond donors (Lipinski definition) is 0. The maximum absolute atomic E-state index is 13.1. The third-order valence-electron chi connectivity index (χ3n) is 5.90. The molecule has 0 saturated heterocycles. The van der Waals surface area contributed by atoms with E-state index >= 15 is 0 Å². The molecule has 33 heavy (non-hydrogen) atoms. The Morgan fingerprint density at radius 1 is 0.515 bits per heavy atom. The maximum Gasteiger partial charge on any atom is 0.181 e. The number of rotatable bonds is 20. The second kappa shape index (κ2) is 17.1. The van der Waals surface area contributed by atoms with Crippen molar-refractivity contribution in [3.8, 4) is 0 Å². The van der Waals surface area contributed by atoms with Crippen LogP contribution in [0.3, 0.4) is 0 Å². The molecule has 0 bridgehead atoms. The standard InChI is InChI=1S/C24H42Br2O4S3/c1-3-5-7-9-11-13-15-17-19-32(27,28)21-22(24(26)31-23(21)25)33(29,30)20-18-16-14-12-10-8-6-4-2/h3-20H2,1-2H3. The smallest absolute Gasteiger partial charge is 0.181 e. The molecule has 0 radical (unpaired) electrons. The van der Waals surface area contributed by atoms with Crippen molar-refractivity contribution in [1.29, 1.82) is 0 Å². The first-order valence-electron chi connectivity index (χ1n) is 12.6. The predicted molar refractivity (Wildman–Crippen MR) is 149 cm³/mol. The van der Waals surface area contributed by atoms with Crippen LogP contribution in [-0.2, 0) is 19.7 Å². The van der Waals surface area contributed by atoms with Crippen LogP contribution in [0.4, 0.5) is 0 Å². The summed E-state index contributed by atoms with van der Waals surface area (Å²) in [6, 6.07) is 0. The van der Waals surface area contributed by atoms with Gasteiger partial charge in [0.25, 0.3) is 0 Å². The molecule has 0 unspecified atom stereocenters. The van der Waals surface area contributed by atoms with Gasteiger partial charge in [0.2, 0.25) is 0 Å². The fraction of sp³-hybridized carbons (Fsp3) is 0.833. The SMILES string of the molecule is CCCCCCCCCCS(=O)(=O)c1c(Br)sc(Br)c1S(=O)(=O)CCCCCCCCCC. The van der Waals surface area contributed by atoms with E-state index in [1.165, 1.54) is 51.4 Å². The topological polar surface area (TPSA) is 68.3 Å². The third-order valence-corrected chi connectivity index (χ3v) is 13.1. The first-order chi connectivity index (χ1) is 15.7. The molecular weight excluding hydrogens is 608 g/mol. The number of halogens is 2. The largest absolute Gasteiger partial charge is 0.224 e. The molecule has 1 heterocycles. The summed E-state index contributed by atoms with van der Waals surface area (Å²) in [6.45, 7) is 4.38. The van der Waals surface area contributed by atoms with E-state index in [2.05, 4.69) is 45.7 Å². The lowest BCUT2D eigenvalue weighted by Crippen LogP contribution is -2.14. The minimum atomic E-state index is -3.68. The summed E-state index contributed by atoms with van der Waals surface area (Å²) in [7, 11) is -7.36. The van der Waals surface area contributed by atoms with Gasteiger partial charge in [0.15, 0.2) is 19.7 Å². The molecule has 1 rings (SSSR count). The molecule has 0 spiro atoms. The minimum Gasteiger partial charge on any atom is -0.224 e. The Bertz CT molecular complexity index is 807. The van der Waals surface area contributed by atoms with E-state index in [-0.39, 0.29) is 21.3 Å². The highest BCUT2D eigenvalue weighted by molar-refractivity contribution is 9.12. The summed E-state index contributed by atoms with van der Waals surface area (Å²) in [6.07, 6.45) is 17.0. The highest BCUT2D eigenvalue weighted by Crippen LogP contribution is 2.43. The summed E-state index contributed by atoms with van der Waals surface area (Å²) in [5.74, 6) is -0.0198. The quantitative estimate of drug-likeness (QED) is 0.132. The zero-order chi connectivity index (χ0) is 24.7. The van der Waals surface area contributed by atoms with E-state index in [0.717, 1.165) is 49.9 Å². The van der Waals surface area contributed by atoms with Crippen LogP contribution in [0.5, 0.6) is 0 Å². The fourth-order valence-corrected chi connectivity index (χ4v) is 13.0. The molecule has 0 atom stereocenters. The molecule has 0 aliphatic rings. The molecule has 0 fully saturated rings. The minimum absolute atomic E-state index is 0.00991. The first kappa shape index (κ1) is 31.6. The van der Waals surface area contributed by atoms with Gasteiger partial charge in [0.05, 0.1) is 19.1 Å². The molecule has 0 aromatic carbocycles. The van der Waals surface area contributed by atoms with Crippen LogP contribution in [0.15, 0.2) is 17.4 Å². The average molecular weight is 651 g/mol. The molecule has 194 valence electrons. The van der Waals surface area contributed by atoms with E-state index in [1.54, 1.807) is 0 Å². The Labute approximate surface area is 223 Å². The summed E-state index contributed by atoms with van der Waals surface area (Å²) in [5, 5.41) is 0. The van der Waals surface area contributed by atoms with Gasteiger partial charge in [0.1, 0.15) is 9.79 Å². The third kappa shape index (κ3) is 11.9. The number of sulfone groups is 2. The van der Waals surface area contributed by atoms with Crippen molar-refractivity contribution in [2.45, 2.75) is 126 Å². The second-order valence-electron chi connectivity index (χ2n) is 8.90. The van der Waals surface area contributed by atoms with E-state index in [0.29, 0.717) is 20.4 Å². The van der Waals surface area contributed by atoms with Gasteiger partial charge < -0.3 is 0 Å². The van der Waals surface area contributed by atoms with Crippen LogP contribution in [0, 0.1) is 0 Å². The lowest BCUT2D eigenvalue weighted by Gasteiger charge is -2.09. The summed E-state index contributed by atoms with van der Waals surface area (Å²) in [4.78, 5) is -0.0798. The molecule has 0 N–H and O–H groups in total. The van der Waals surface area contributed by atoms with E-state index < -0.39 is 19.7 Å². The molecule has 4 nitrogen and oxygen atoms in total. The zero-order valence-corrected chi connectivity index (χ0v) is 26.0. The van der Waals surface area contributed by atoms with Gasteiger partial charge in [-0.05, 0) is 44.7 Å². The number of thiophene rings is 1. The van der Waals surface area contributed by atoms with Crippen molar-refractivity contribution in [3.05, 3.63) is 7.57 Å². The lowest BCUT2D eigenvalue weighted by atomic mass is 10.1. The Kier molecular flexibility index (Phi) is 16.4. The highest BCUT2D eigenvalue weighted by atomic mass is 79.9. The first-order valence-corrected chi connectivity index (χ1v) is 18.3. The van der Waals surface area contributed by atoms with E-state index in [9.17, 15) is 16.8 Å². The Morgan fingerprint density at radius 2 is 0.788 bits per heavy atom. The van der Waals surface area contributed by atoms with Crippen molar-refractivity contribution in [3.63, 3.8) is 0 Å². The van der Waals surface area contributed by atoms with Gasteiger partial charge in [-0.3, -0.25) is 0 Å². The molecule has 0 amide bonds. The molecule has 1 aromatic heterocycles. The van der Waals surface area contributed by atoms with Gasteiger partial charge in [-0.2, -0.15) is 0 Å². The van der Waals surface area contributed by atoms with Crippen molar-refractivity contribution in [2.24, 2.45) is 0 Å². The van der Waals surface area contributed by atoms with E-state index in [1.807, 2.05) is 0 Å². The van der Waals surface area contributed by atoms with E-state index in [4.69, 9.17) is 0 Å². The summed E-state index contributed by atoms with van der Waals surface area (Å²) >= 11 is 7.78. The summed E-state index contributed by atoms with van der Waals surface area (Å²) in [5.41, 5.74) is 0. The number of hydrogen-bond acceptors (Lipinski definition) is 5. The van der Waals surface area contributed by atoms with Gasteiger partial charge in [0, 0.05) is 0 Å². The van der Waals surface area contributed by atoms with Crippen LogP contribution in [0.1, 0.15) is 117 Å². The lowest BCUT2D eigenvalue weighted by molar-refractivity contribution is 0.565. The second-order valence-corrected chi connectivity index (χ2v) is 16.6.